The Hall–Kier alpha value is -2.66. The van der Waals surface area contributed by atoms with Crippen molar-refractivity contribution in [2.75, 3.05) is 20.7 Å². The largest absolute Gasteiger partial charge is 0.494 e. The Kier molecular flexibility index (Phi) is 6.85. The second-order valence-corrected chi connectivity index (χ2v) is 8.10. The molecule has 0 aromatic heterocycles. The molecule has 1 N–H and O–H groups in total. The van der Waals surface area contributed by atoms with E-state index >= 15 is 0 Å². The number of halogens is 4. The molecule has 2 rings (SSSR count). The van der Waals surface area contributed by atoms with Crippen molar-refractivity contribution in [3.8, 4) is 5.75 Å². The topological polar surface area (TPSA) is 75.7 Å². The number of ether oxygens (including phenoxy) is 1. The second-order valence-electron chi connectivity index (χ2n) is 6.05. The summed E-state index contributed by atoms with van der Waals surface area (Å²) >= 11 is 0. The summed E-state index contributed by atoms with van der Waals surface area (Å²) in [5, 5.41) is 1.70. The van der Waals surface area contributed by atoms with Crippen molar-refractivity contribution >= 4 is 15.9 Å². The van der Waals surface area contributed by atoms with Gasteiger partial charge in [0.1, 0.15) is 6.54 Å². The van der Waals surface area contributed by atoms with E-state index in [0.717, 1.165) is 34.6 Å². The minimum Gasteiger partial charge on any atom is -0.494 e. The van der Waals surface area contributed by atoms with Crippen LogP contribution in [0.2, 0.25) is 0 Å². The zero-order valence-electron chi connectivity index (χ0n) is 15.5. The molecule has 0 atom stereocenters. The Morgan fingerprint density at radius 1 is 1.14 bits per heavy atom. The number of alkyl halides is 3. The fourth-order valence-corrected chi connectivity index (χ4v) is 3.55. The highest BCUT2D eigenvalue weighted by Crippen LogP contribution is 2.21. The highest BCUT2D eigenvalue weighted by atomic mass is 32.2. The zero-order chi connectivity index (χ0) is 21.8. The van der Waals surface area contributed by atoms with Gasteiger partial charge in [0.25, 0.3) is 5.91 Å². The molecule has 158 valence electrons. The van der Waals surface area contributed by atoms with Crippen molar-refractivity contribution in [1.82, 2.24) is 9.62 Å². The van der Waals surface area contributed by atoms with E-state index in [9.17, 15) is 30.8 Å². The van der Waals surface area contributed by atoms with E-state index in [1.807, 2.05) is 0 Å². The van der Waals surface area contributed by atoms with Crippen molar-refractivity contribution in [3.63, 3.8) is 0 Å². The molecule has 11 heteroatoms. The molecule has 0 radical (unpaired) electrons. The lowest BCUT2D eigenvalue weighted by Gasteiger charge is -2.18. The van der Waals surface area contributed by atoms with Gasteiger partial charge in [-0.1, -0.05) is 6.07 Å². The maximum atomic E-state index is 13.8. The lowest BCUT2D eigenvalue weighted by Crippen LogP contribution is -2.33. The van der Waals surface area contributed by atoms with Crippen molar-refractivity contribution < 1.29 is 35.5 Å². The van der Waals surface area contributed by atoms with Crippen LogP contribution in [-0.4, -0.2) is 45.5 Å². The van der Waals surface area contributed by atoms with Gasteiger partial charge in [-0.25, -0.2) is 12.8 Å². The Labute approximate surface area is 165 Å². The van der Waals surface area contributed by atoms with Gasteiger partial charge in [0.05, 0.1) is 12.0 Å². The normalized spacial score (nSPS) is 12.1. The Morgan fingerprint density at radius 3 is 2.28 bits per heavy atom. The number of rotatable bonds is 7. The van der Waals surface area contributed by atoms with Crippen molar-refractivity contribution in [2.24, 2.45) is 0 Å². The average molecular weight is 434 g/mol. The molecular weight excluding hydrogens is 416 g/mol. The second kappa shape index (κ2) is 8.78. The molecule has 0 bridgehead atoms. The van der Waals surface area contributed by atoms with Crippen molar-refractivity contribution in [2.45, 2.75) is 17.6 Å². The first kappa shape index (κ1) is 22.6. The first-order valence-corrected chi connectivity index (χ1v) is 9.62. The SMILES string of the molecule is COc1ccc(CN(C)S(=O)(=O)c2ccc(C(=O)NCC(F)(F)F)cc2)cc1F. The number of nitrogens with zero attached hydrogens (tertiary/aromatic N) is 1. The van der Waals surface area contributed by atoms with Gasteiger partial charge in [-0.2, -0.15) is 17.5 Å². The fraction of sp³-hybridized carbons (Fsp3) is 0.278. The summed E-state index contributed by atoms with van der Waals surface area (Å²) in [5.41, 5.74) is 0.269. The number of sulfonamides is 1. The molecule has 0 aliphatic heterocycles. The quantitative estimate of drug-likeness (QED) is 0.680. The van der Waals surface area contributed by atoms with Crippen LogP contribution in [0.25, 0.3) is 0 Å². The molecule has 0 heterocycles. The first-order chi connectivity index (χ1) is 13.4. The maximum absolute atomic E-state index is 13.8. The molecule has 2 aromatic rings. The smallest absolute Gasteiger partial charge is 0.405 e. The van der Waals surface area contributed by atoms with E-state index < -0.39 is 34.5 Å². The molecule has 1 amide bonds. The van der Waals surface area contributed by atoms with Gasteiger partial charge in [-0.15, -0.1) is 0 Å². The summed E-state index contributed by atoms with van der Waals surface area (Å²) in [4.78, 5) is 11.5. The summed E-state index contributed by atoms with van der Waals surface area (Å²) in [7, 11) is -1.38. The van der Waals surface area contributed by atoms with E-state index in [1.165, 1.54) is 26.3 Å². The molecule has 0 aliphatic carbocycles. The average Bonchev–Trinajstić information content (AvgIpc) is 2.65. The number of nitrogens with one attached hydrogen (secondary N) is 1. The number of benzene rings is 2. The molecule has 0 unspecified atom stereocenters. The number of hydrogen-bond acceptors (Lipinski definition) is 4. The standard InChI is InChI=1S/C18H18F4N2O4S/c1-24(10-12-3-8-16(28-2)15(19)9-12)29(26,27)14-6-4-13(5-7-14)17(25)23-11-18(20,21)22/h3-9H,10-11H2,1-2H3,(H,23,25). The van der Waals surface area contributed by atoms with Gasteiger partial charge in [0.15, 0.2) is 11.6 Å². The van der Waals surface area contributed by atoms with Gasteiger partial charge in [-0.3, -0.25) is 4.79 Å². The van der Waals surface area contributed by atoms with Crippen LogP contribution in [0.4, 0.5) is 17.6 Å². The van der Waals surface area contributed by atoms with Crippen LogP contribution in [-0.2, 0) is 16.6 Å². The van der Waals surface area contributed by atoms with E-state index in [-0.39, 0.29) is 22.8 Å². The molecule has 29 heavy (non-hydrogen) atoms. The lowest BCUT2D eigenvalue weighted by atomic mass is 10.2. The molecule has 2 aromatic carbocycles. The highest BCUT2D eigenvalue weighted by Gasteiger charge is 2.28. The van der Waals surface area contributed by atoms with Crippen LogP contribution in [0, 0.1) is 5.82 Å². The van der Waals surface area contributed by atoms with E-state index in [2.05, 4.69) is 0 Å². The van der Waals surface area contributed by atoms with Crippen LogP contribution >= 0.6 is 0 Å². The number of hydrogen-bond donors (Lipinski definition) is 1. The van der Waals surface area contributed by atoms with Crippen LogP contribution in [0.1, 0.15) is 15.9 Å². The number of amides is 1. The highest BCUT2D eigenvalue weighted by molar-refractivity contribution is 7.89. The predicted octanol–water partition coefficient (Wildman–Crippen LogP) is 2.95. The van der Waals surface area contributed by atoms with E-state index in [0.29, 0.717) is 5.56 Å². The van der Waals surface area contributed by atoms with E-state index in [1.54, 1.807) is 5.32 Å². The third kappa shape index (κ3) is 5.91. The summed E-state index contributed by atoms with van der Waals surface area (Å²) < 4.78 is 81.3. The predicted molar refractivity (Wildman–Crippen MR) is 96.4 cm³/mol. The maximum Gasteiger partial charge on any atom is 0.405 e. The van der Waals surface area contributed by atoms with Crippen molar-refractivity contribution in [1.29, 1.82) is 0 Å². The number of carbonyl (C=O) groups is 1. The Morgan fingerprint density at radius 2 is 1.76 bits per heavy atom. The van der Waals surface area contributed by atoms with Gasteiger partial charge in [0.2, 0.25) is 10.0 Å². The van der Waals surface area contributed by atoms with Gasteiger partial charge >= 0.3 is 6.18 Å². The monoisotopic (exact) mass is 434 g/mol. The third-order valence-electron chi connectivity index (χ3n) is 3.90. The van der Waals surface area contributed by atoms with Crippen LogP contribution < -0.4 is 10.1 Å². The molecule has 6 nitrogen and oxygen atoms in total. The Bertz CT molecular complexity index is 976. The molecule has 0 fully saturated rings. The molecule has 0 spiro atoms. The van der Waals surface area contributed by atoms with Crippen LogP contribution in [0.3, 0.4) is 0 Å². The van der Waals surface area contributed by atoms with Crippen LogP contribution in [0.15, 0.2) is 47.4 Å². The lowest BCUT2D eigenvalue weighted by molar-refractivity contribution is -0.123. The molecule has 0 saturated carbocycles. The molecular formula is C18H18F4N2O4S. The van der Waals surface area contributed by atoms with Gasteiger partial charge < -0.3 is 10.1 Å². The van der Waals surface area contributed by atoms with Gasteiger partial charge in [0, 0.05) is 19.2 Å². The Balaban J connectivity index is 2.12. The summed E-state index contributed by atoms with van der Waals surface area (Å²) in [5.74, 6) is -1.59. The first-order valence-electron chi connectivity index (χ1n) is 8.18. The van der Waals surface area contributed by atoms with Crippen LogP contribution in [0.5, 0.6) is 5.75 Å². The summed E-state index contributed by atoms with van der Waals surface area (Å²) in [6.07, 6.45) is -4.55. The number of carbonyl (C=O) groups excluding carboxylic acids is 1. The summed E-state index contributed by atoms with van der Waals surface area (Å²) in [6, 6.07) is 8.49. The van der Waals surface area contributed by atoms with Crippen molar-refractivity contribution in [3.05, 3.63) is 59.4 Å². The zero-order valence-corrected chi connectivity index (χ0v) is 16.3. The van der Waals surface area contributed by atoms with E-state index in [4.69, 9.17) is 4.74 Å². The minimum atomic E-state index is -4.55. The number of methoxy groups -OCH3 is 1. The fourth-order valence-electron chi connectivity index (χ4n) is 2.39. The molecule has 0 aliphatic rings. The molecule has 0 saturated heterocycles. The summed E-state index contributed by atoms with van der Waals surface area (Å²) in [6.45, 7) is -1.62. The minimum absolute atomic E-state index is 0.0265. The van der Waals surface area contributed by atoms with Gasteiger partial charge in [-0.05, 0) is 42.0 Å². The third-order valence-corrected chi connectivity index (χ3v) is 5.71.